The van der Waals surface area contributed by atoms with E-state index in [9.17, 15) is 4.79 Å². The number of amides is 1. The minimum atomic E-state index is -0.386. The molecule has 0 bridgehead atoms. The van der Waals surface area contributed by atoms with Crippen molar-refractivity contribution in [3.63, 3.8) is 0 Å². The molecule has 1 amide bonds. The maximum absolute atomic E-state index is 11.6. The first kappa shape index (κ1) is 16.4. The van der Waals surface area contributed by atoms with Crippen LogP contribution in [-0.2, 0) is 4.79 Å². The Labute approximate surface area is 138 Å². The molecule has 0 atom stereocenters. The van der Waals surface area contributed by atoms with Gasteiger partial charge in [0.25, 0.3) is 5.91 Å². The molecule has 0 aliphatic carbocycles. The molecule has 0 aliphatic rings. The van der Waals surface area contributed by atoms with Crippen molar-refractivity contribution in [1.82, 2.24) is 10.4 Å². The summed E-state index contributed by atoms with van der Waals surface area (Å²) in [5.74, 6) is 0.00392. The zero-order valence-corrected chi connectivity index (χ0v) is 13.6. The van der Waals surface area contributed by atoms with E-state index in [0.29, 0.717) is 15.8 Å². The number of carbonyl (C=O) groups is 1. The smallest absolute Gasteiger partial charge is 0.277 e. The Morgan fingerprint density at radius 1 is 1.36 bits per heavy atom. The summed E-state index contributed by atoms with van der Waals surface area (Å²) >= 11 is 11.7. The van der Waals surface area contributed by atoms with Gasteiger partial charge in [0.2, 0.25) is 0 Å². The van der Waals surface area contributed by atoms with Crippen LogP contribution in [0.25, 0.3) is 0 Å². The Morgan fingerprint density at radius 2 is 2.14 bits per heavy atom. The zero-order valence-electron chi connectivity index (χ0n) is 12.1. The maximum Gasteiger partial charge on any atom is 0.277 e. The summed E-state index contributed by atoms with van der Waals surface area (Å²) in [5.41, 5.74) is 5.32. The molecule has 0 saturated carbocycles. The topological polar surface area (TPSA) is 66.5 Å². The van der Waals surface area contributed by atoms with Crippen LogP contribution in [0.2, 0.25) is 10.0 Å². The fourth-order valence-electron chi connectivity index (χ4n) is 1.82. The van der Waals surface area contributed by atoms with Gasteiger partial charge in [-0.2, -0.15) is 5.10 Å². The minimum absolute atomic E-state index is 0.193. The molecular weight excluding hydrogens is 325 g/mol. The van der Waals surface area contributed by atoms with E-state index in [1.165, 1.54) is 0 Å². The molecule has 7 heteroatoms. The van der Waals surface area contributed by atoms with Gasteiger partial charge in [-0.15, -0.1) is 0 Å². The SMILES string of the molecule is Cc1cc(C)c(C=NNC(=O)COc2ccc(Cl)cc2Cl)[nH]1. The average Bonchev–Trinajstić information content (AvgIpc) is 2.76. The Balaban J connectivity index is 1.84. The van der Waals surface area contributed by atoms with Crippen LogP contribution in [-0.4, -0.2) is 23.7 Å². The van der Waals surface area contributed by atoms with Gasteiger partial charge in [-0.05, 0) is 43.7 Å². The Bertz CT molecular complexity index is 711. The van der Waals surface area contributed by atoms with Crippen molar-refractivity contribution in [2.45, 2.75) is 13.8 Å². The highest BCUT2D eigenvalue weighted by Crippen LogP contribution is 2.27. The third-order valence-corrected chi connectivity index (χ3v) is 3.36. The normalized spacial score (nSPS) is 10.9. The summed E-state index contributed by atoms with van der Waals surface area (Å²) < 4.78 is 5.30. The van der Waals surface area contributed by atoms with Crippen molar-refractivity contribution in [2.75, 3.05) is 6.61 Å². The highest BCUT2D eigenvalue weighted by Gasteiger charge is 2.06. The number of hydrogen-bond acceptors (Lipinski definition) is 3. The molecule has 22 heavy (non-hydrogen) atoms. The molecule has 0 aliphatic heterocycles. The molecule has 0 fully saturated rings. The highest BCUT2D eigenvalue weighted by molar-refractivity contribution is 6.35. The third kappa shape index (κ3) is 4.51. The molecule has 116 valence electrons. The van der Waals surface area contributed by atoms with E-state index >= 15 is 0 Å². The van der Waals surface area contributed by atoms with Crippen molar-refractivity contribution < 1.29 is 9.53 Å². The van der Waals surface area contributed by atoms with Crippen LogP contribution < -0.4 is 10.2 Å². The predicted molar refractivity (Wildman–Crippen MR) is 88.0 cm³/mol. The first-order valence-electron chi connectivity index (χ1n) is 6.51. The summed E-state index contributed by atoms with van der Waals surface area (Å²) in [7, 11) is 0. The fourth-order valence-corrected chi connectivity index (χ4v) is 2.28. The number of hydrazone groups is 1. The number of carbonyl (C=O) groups excluding carboxylic acids is 1. The van der Waals surface area contributed by atoms with Gasteiger partial charge in [0.1, 0.15) is 5.75 Å². The zero-order chi connectivity index (χ0) is 16.1. The summed E-state index contributed by atoms with van der Waals surface area (Å²) in [6.45, 7) is 3.71. The number of aromatic nitrogens is 1. The van der Waals surface area contributed by atoms with Crippen molar-refractivity contribution in [3.8, 4) is 5.75 Å². The van der Waals surface area contributed by atoms with Crippen LogP contribution in [0.15, 0.2) is 29.4 Å². The van der Waals surface area contributed by atoms with E-state index in [0.717, 1.165) is 17.0 Å². The third-order valence-electron chi connectivity index (χ3n) is 2.83. The molecule has 0 spiro atoms. The molecule has 2 rings (SSSR count). The number of H-pyrrole nitrogens is 1. The quantitative estimate of drug-likeness (QED) is 0.647. The molecule has 0 saturated heterocycles. The fraction of sp³-hybridized carbons (Fsp3) is 0.200. The number of halogens is 2. The first-order chi connectivity index (χ1) is 10.5. The van der Waals surface area contributed by atoms with Crippen LogP contribution in [0.4, 0.5) is 0 Å². The van der Waals surface area contributed by atoms with Crippen LogP contribution in [0.1, 0.15) is 17.0 Å². The van der Waals surface area contributed by atoms with Crippen molar-refractivity contribution in [1.29, 1.82) is 0 Å². The van der Waals surface area contributed by atoms with Gasteiger partial charge >= 0.3 is 0 Å². The molecule has 2 aromatic rings. The molecule has 1 aromatic heterocycles. The van der Waals surface area contributed by atoms with Gasteiger partial charge in [-0.25, -0.2) is 5.43 Å². The number of nitrogens with one attached hydrogen (secondary N) is 2. The Kier molecular flexibility index (Phi) is 5.46. The van der Waals surface area contributed by atoms with E-state index in [1.807, 2.05) is 19.9 Å². The van der Waals surface area contributed by atoms with Crippen molar-refractivity contribution in [3.05, 3.63) is 51.3 Å². The van der Waals surface area contributed by atoms with Gasteiger partial charge in [-0.1, -0.05) is 23.2 Å². The molecule has 5 nitrogen and oxygen atoms in total. The summed E-state index contributed by atoms with van der Waals surface area (Å²) in [6.07, 6.45) is 1.55. The second kappa shape index (κ2) is 7.33. The predicted octanol–water partition coefficient (Wildman–Crippen LogP) is 3.47. The lowest BCUT2D eigenvalue weighted by molar-refractivity contribution is -0.123. The second-order valence-corrected chi connectivity index (χ2v) is 5.55. The summed E-state index contributed by atoms with van der Waals surface area (Å²) in [5, 5.41) is 4.73. The van der Waals surface area contributed by atoms with Crippen LogP contribution in [0.5, 0.6) is 5.75 Å². The number of ether oxygens (including phenoxy) is 1. The Hall–Kier alpha value is -1.98. The molecule has 1 aromatic carbocycles. The number of benzene rings is 1. The van der Waals surface area contributed by atoms with Gasteiger partial charge in [0.05, 0.1) is 16.9 Å². The maximum atomic E-state index is 11.6. The number of aromatic amines is 1. The van der Waals surface area contributed by atoms with Gasteiger partial charge in [0, 0.05) is 10.7 Å². The first-order valence-corrected chi connectivity index (χ1v) is 7.27. The van der Waals surface area contributed by atoms with E-state index in [2.05, 4.69) is 15.5 Å². The van der Waals surface area contributed by atoms with Crippen molar-refractivity contribution in [2.24, 2.45) is 5.10 Å². The van der Waals surface area contributed by atoms with Gasteiger partial charge in [0.15, 0.2) is 6.61 Å². The molecule has 0 radical (unpaired) electrons. The van der Waals surface area contributed by atoms with E-state index < -0.39 is 0 Å². The summed E-state index contributed by atoms with van der Waals surface area (Å²) in [4.78, 5) is 14.8. The van der Waals surface area contributed by atoms with Gasteiger partial charge < -0.3 is 9.72 Å². The lowest BCUT2D eigenvalue weighted by atomic mass is 10.3. The highest BCUT2D eigenvalue weighted by atomic mass is 35.5. The minimum Gasteiger partial charge on any atom is -0.482 e. The number of rotatable bonds is 5. The molecule has 1 heterocycles. The molecular formula is C15H15Cl2N3O2. The lowest BCUT2D eigenvalue weighted by Crippen LogP contribution is -2.24. The second-order valence-electron chi connectivity index (χ2n) is 4.71. The van der Waals surface area contributed by atoms with E-state index in [4.69, 9.17) is 27.9 Å². The van der Waals surface area contributed by atoms with E-state index in [1.54, 1.807) is 24.4 Å². The average molecular weight is 340 g/mol. The van der Waals surface area contributed by atoms with Crippen LogP contribution in [0.3, 0.4) is 0 Å². The Morgan fingerprint density at radius 3 is 2.77 bits per heavy atom. The monoisotopic (exact) mass is 339 g/mol. The van der Waals surface area contributed by atoms with E-state index in [-0.39, 0.29) is 12.5 Å². The summed E-state index contributed by atoms with van der Waals surface area (Å²) in [6, 6.07) is 6.78. The number of aryl methyl sites for hydroxylation is 2. The molecule has 2 N–H and O–H groups in total. The lowest BCUT2D eigenvalue weighted by Gasteiger charge is -2.06. The van der Waals surface area contributed by atoms with Gasteiger partial charge in [-0.3, -0.25) is 4.79 Å². The molecule has 0 unspecified atom stereocenters. The standard InChI is InChI=1S/C15H15Cl2N3O2/c1-9-5-10(2)19-13(9)7-18-20-15(21)8-22-14-4-3-11(16)6-12(14)17/h3-7,19H,8H2,1-2H3,(H,20,21). The number of hydrogen-bond donors (Lipinski definition) is 2. The largest absolute Gasteiger partial charge is 0.482 e. The van der Waals surface area contributed by atoms with Crippen LogP contribution in [0, 0.1) is 13.8 Å². The van der Waals surface area contributed by atoms with Crippen LogP contribution >= 0.6 is 23.2 Å². The van der Waals surface area contributed by atoms with Crippen molar-refractivity contribution >= 4 is 35.3 Å². The number of nitrogens with zero attached hydrogens (tertiary/aromatic N) is 1.